The van der Waals surface area contributed by atoms with Gasteiger partial charge < -0.3 is 20.5 Å². The van der Waals surface area contributed by atoms with Crippen molar-refractivity contribution in [1.82, 2.24) is 10.6 Å². The molecule has 2 aromatic carbocycles. The van der Waals surface area contributed by atoms with E-state index in [0.717, 1.165) is 22.3 Å². The minimum absolute atomic E-state index is 0.0163. The summed E-state index contributed by atoms with van der Waals surface area (Å²) < 4.78 is 28.8. The molecule has 4 rings (SSSR count). The fourth-order valence-electron chi connectivity index (χ4n) is 4.53. The summed E-state index contributed by atoms with van der Waals surface area (Å²) in [6.07, 6.45) is -1.05. The van der Waals surface area contributed by atoms with E-state index in [2.05, 4.69) is 10.6 Å². The lowest BCUT2D eigenvalue weighted by atomic mass is 9.98. The smallest absolute Gasteiger partial charge is 0.407 e. The normalized spacial score (nSPS) is 19.0. The monoisotopic (exact) mass is 486 g/mol. The summed E-state index contributed by atoms with van der Waals surface area (Å²) in [5, 5.41) is 14.1. The zero-order valence-corrected chi connectivity index (χ0v) is 19.2. The Labute approximate surface area is 197 Å². The molecule has 0 saturated carbocycles. The molecule has 0 spiro atoms. The number of rotatable bonds is 8. The predicted octanol–water partition coefficient (Wildman–Crippen LogP) is 2.06. The standard InChI is InChI=1S/C24H26N2O7S/c27-22(28)10-9-21(23(29)25-15-11-12-34(31,32)14-15)26-24(30)33-13-20-18-7-3-1-5-16(18)17-6-2-4-8-19(17)20/h1-8,15,20-21H,9-14H2,(H,25,29)(H,26,30)(H,27,28). The molecule has 2 unspecified atom stereocenters. The molecule has 2 atom stereocenters. The third-order valence-corrected chi connectivity index (χ3v) is 7.95. The van der Waals surface area contributed by atoms with Crippen LogP contribution in [0.1, 0.15) is 36.3 Å². The summed E-state index contributed by atoms with van der Waals surface area (Å²) in [7, 11) is -3.20. The molecule has 180 valence electrons. The Morgan fingerprint density at radius 3 is 2.21 bits per heavy atom. The number of hydrogen-bond acceptors (Lipinski definition) is 6. The number of aliphatic carboxylic acids is 1. The van der Waals surface area contributed by atoms with Crippen molar-refractivity contribution in [3.05, 3.63) is 59.7 Å². The molecule has 2 aliphatic rings. The van der Waals surface area contributed by atoms with Crippen LogP contribution in [0.3, 0.4) is 0 Å². The Bertz CT molecular complexity index is 1170. The van der Waals surface area contributed by atoms with Gasteiger partial charge in [-0.1, -0.05) is 48.5 Å². The van der Waals surface area contributed by atoms with Crippen LogP contribution >= 0.6 is 0 Å². The Hall–Kier alpha value is -3.40. The number of nitrogens with one attached hydrogen (secondary N) is 2. The summed E-state index contributed by atoms with van der Waals surface area (Å²) in [5.41, 5.74) is 4.24. The van der Waals surface area contributed by atoms with Crippen LogP contribution in [0, 0.1) is 0 Å². The third kappa shape index (κ3) is 5.39. The van der Waals surface area contributed by atoms with Crippen molar-refractivity contribution < 1.29 is 32.6 Å². The van der Waals surface area contributed by atoms with Crippen LogP contribution in [0.15, 0.2) is 48.5 Å². The molecule has 1 heterocycles. The summed E-state index contributed by atoms with van der Waals surface area (Å²) in [5.74, 6) is -2.09. The highest BCUT2D eigenvalue weighted by atomic mass is 32.2. The summed E-state index contributed by atoms with van der Waals surface area (Å²) >= 11 is 0. The van der Waals surface area contributed by atoms with E-state index < -0.39 is 39.9 Å². The number of amides is 2. The average molecular weight is 487 g/mol. The number of hydrogen-bond donors (Lipinski definition) is 3. The first-order valence-electron chi connectivity index (χ1n) is 11.1. The number of carbonyl (C=O) groups excluding carboxylic acids is 2. The Morgan fingerprint density at radius 1 is 1.03 bits per heavy atom. The van der Waals surface area contributed by atoms with Crippen molar-refractivity contribution in [2.75, 3.05) is 18.1 Å². The number of ether oxygens (including phenoxy) is 1. The maximum Gasteiger partial charge on any atom is 0.407 e. The van der Waals surface area contributed by atoms with E-state index in [1.165, 1.54) is 0 Å². The van der Waals surface area contributed by atoms with Crippen LogP contribution in [0.4, 0.5) is 4.79 Å². The minimum atomic E-state index is -3.20. The van der Waals surface area contributed by atoms with Crippen molar-refractivity contribution in [3.63, 3.8) is 0 Å². The highest BCUT2D eigenvalue weighted by Crippen LogP contribution is 2.44. The fraction of sp³-hybridized carbons (Fsp3) is 0.375. The second-order valence-electron chi connectivity index (χ2n) is 8.56. The second-order valence-corrected chi connectivity index (χ2v) is 10.8. The van der Waals surface area contributed by atoms with Gasteiger partial charge in [-0.2, -0.15) is 0 Å². The summed E-state index contributed by atoms with van der Waals surface area (Å²) in [6, 6.07) is 14.0. The van der Waals surface area contributed by atoms with Crippen LogP contribution in [0.25, 0.3) is 11.1 Å². The van der Waals surface area contributed by atoms with Gasteiger partial charge >= 0.3 is 12.1 Å². The van der Waals surface area contributed by atoms with Crippen LogP contribution in [0.5, 0.6) is 0 Å². The minimum Gasteiger partial charge on any atom is -0.481 e. The lowest BCUT2D eigenvalue weighted by Crippen LogP contribution is -2.50. The van der Waals surface area contributed by atoms with E-state index >= 15 is 0 Å². The summed E-state index contributed by atoms with van der Waals surface area (Å²) in [4.78, 5) is 36.3. The molecule has 1 saturated heterocycles. The van der Waals surface area contributed by atoms with Crippen LogP contribution < -0.4 is 10.6 Å². The number of carboxylic acids is 1. The van der Waals surface area contributed by atoms with Gasteiger partial charge in [-0.25, -0.2) is 13.2 Å². The lowest BCUT2D eigenvalue weighted by molar-refractivity contribution is -0.137. The molecular weight excluding hydrogens is 460 g/mol. The van der Waals surface area contributed by atoms with Crippen molar-refractivity contribution in [2.24, 2.45) is 0 Å². The van der Waals surface area contributed by atoms with Gasteiger partial charge in [0.2, 0.25) is 5.91 Å². The predicted molar refractivity (Wildman–Crippen MR) is 124 cm³/mol. The molecule has 10 heteroatoms. The largest absolute Gasteiger partial charge is 0.481 e. The second kappa shape index (κ2) is 9.84. The van der Waals surface area contributed by atoms with E-state index in [-0.39, 0.29) is 43.3 Å². The van der Waals surface area contributed by atoms with E-state index in [9.17, 15) is 22.8 Å². The zero-order chi connectivity index (χ0) is 24.3. The number of sulfone groups is 1. The maximum absolute atomic E-state index is 12.7. The Balaban J connectivity index is 1.40. The maximum atomic E-state index is 12.7. The first-order chi connectivity index (χ1) is 16.2. The van der Waals surface area contributed by atoms with E-state index in [1.54, 1.807) is 0 Å². The highest BCUT2D eigenvalue weighted by molar-refractivity contribution is 7.91. The molecule has 2 amide bonds. The van der Waals surface area contributed by atoms with Crippen molar-refractivity contribution >= 4 is 27.8 Å². The molecule has 1 aliphatic heterocycles. The van der Waals surface area contributed by atoms with Gasteiger partial charge in [0.15, 0.2) is 9.84 Å². The molecule has 9 nitrogen and oxygen atoms in total. The molecule has 2 aromatic rings. The number of carboxylic acid groups (broad SMARTS) is 1. The third-order valence-electron chi connectivity index (χ3n) is 6.18. The first-order valence-corrected chi connectivity index (χ1v) is 12.9. The lowest BCUT2D eigenvalue weighted by Gasteiger charge is -2.21. The van der Waals surface area contributed by atoms with Crippen molar-refractivity contribution in [3.8, 4) is 11.1 Å². The number of benzene rings is 2. The molecule has 1 aliphatic carbocycles. The zero-order valence-electron chi connectivity index (χ0n) is 18.4. The van der Waals surface area contributed by atoms with E-state index in [0.29, 0.717) is 0 Å². The van der Waals surface area contributed by atoms with Gasteiger partial charge in [0.05, 0.1) is 11.5 Å². The van der Waals surface area contributed by atoms with Crippen molar-refractivity contribution in [1.29, 1.82) is 0 Å². The van der Waals surface area contributed by atoms with E-state index in [4.69, 9.17) is 9.84 Å². The first kappa shape index (κ1) is 23.7. The van der Waals surface area contributed by atoms with Crippen molar-refractivity contribution in [2.45, 2.75) is 37.3 Å². The van der Waals surface area contributed by atoms with Gasteiger partial charge in [0.1, 0.15) is 12.6 Å². The highest BCUT2D eigenvalue weighted by Gasteiger charge is 2.33. The van der Waals surface area contributed by atoms with Gasteiger partial charge in [0, 0.05) is 18.4 Å². The number of fused-ring (bicyclic) bond motifs is 3. The number of carbonyl (C=O) groups is 3. The quantitative estimate of drug-likeness (QED) is 0.519. The average Bonchev–Trinajstić information content (AvgIpc) is 3.31. The van der Waals surface area contributed by atoms with Gasteiger partial charge in [-0.05, 0) is 35.1 Å². The topological polar surface area (TPSA) is 139 Å². The Kier molecular flexibility index (Phi) is 6.87. The molecule has 0 radical (unpaired) electrons. The molecule has 1 fully saturated rings. The number of alkyl carbamates (subject to hydrolysis) is 1. The van der Waals surface area contributed by atoms with Gasteiger partial charge in [-0.15, -0.1) is 0 Å². The fourth-order valence-corrected chi connectivity index (χ4v) is 6.20. The Morgan fingerprint density at radius 2 is 1.65 bits per heavy atom. The van der Waals surface area contributed by atoms with E-state index in [1.807, 2.05) is 48.5 Å². The molecule has 0 bridgehead atoms. The van der Waals surface area contributed by atoms with Crippen LogP contribution in [-0.2, 0) is 24.2 Å². The van der Waals surface area contributed by atoms with Gasteiger partial charge in [-0.3, -0.25) is 9.59 Å². The molecule has 0 aromatic heterocycles. The molecule has 3 N–H and O–H groups in total. The summed E-state index contributed by atoms with van der Waals surface area (Å²) in [6.45, 7) is 0.0496. The SMILES string of the molecule is O=C(O)CCC(NC(=O)OCC1c2ccccc2-c2ccccc21)C(=O)NC1CCS(=O)(=O)C1. The molecular formula is C24H26N2O7S. The van der Waals surface area contributed by atoms with Crippen LogP contribution in [0.2, 0.25) is 0 Å². The van der Waals surface area contributed by atoms with Gasteiger partial charge in [0.25, 0.3) is 0 Å². The molecule has 34 heavy (non-hydrogen) atoms. The van der Waals surface area contributed by atoms with Crippen LogP contribution in [-0.4, -0.2) is 61.7 Å².